The highest BCUT2D eigenvalue weighted by Gasteiger charge is 2.29. The molecule has 0 aromatic heterocycles. The molecule has 1 aliphatic heterocycles. The zero-order valence-electron chi connectivity index (χ0n) is 13.0. The Morgan fingerprint density at radius 3 is 2.43 bits per heavy atom. The van der Waals surface area contributed by atoms with Gasteiger partial charge in [-0.25, -0.2) is 0 Å². The normalized spacial score (nSPS) is 18.2. The number of likely N-dealkylation sites (N-methyl/N-ethyl adjacent to an activating group) is 1. The lowest BCUT2D eigenvalue weighted by molar-refractivity contribution is -0.134. The average Bonchev–Trinajstić information content (AvgIpc) is 2.44. The van der Waals surface area contributed by atoms with E-state index in [1.807, 2.05) is 13.8 Å². The van der Waals surface area contributed by atoms with E-state index in [-0.39, 0.29) is 11.8 Å². The van der Waals surface area contributed by atoms with Gasteiger partial charge in [0.15, 0.2) is 0 Å². The van der Waals surface area contributed by atoms with Crippen molar-refractivity contribution in [3.05, 3.63) is 12.2 Å². The van der Waals surface area contributed by atoms with E-state index in [2.05, 4.69) is 11.5 Å². The number of aliphatic hydroxyl groups excluding tert-OH is 1. The Labute approximate surface area is 126 Å². The third-order valence-electron chi connectivity index (χ3n) is 3.92. The first kappa shape index (κ1) is 17.7. The second-order valence-corrected chi connectivity index (χ2v) is 5.83. The van der Waals surface area contributed by atoms with Crippen LogP contribution in [-0.4, -0.2) is 65.5 Å². The zero-order chi connectivity index (χ0) is 16.0. The van der Waals surface area contributed by atoms with Crippen LogP contribution < -0.4 is 5.73 Å². The number of rotatable bonds is 7. The quantitative estimate of drug-likeness (QED) is 0.646. The van der Waals surface area contributed by atoms with Crippen molar-refractivity contribution in [3.63, 3.8) is 0 Å². The molecule has 0 radical (unpaired) electrons. The molecule has 1 saturated heterocycles. The first-order valence-corrected chi connectivity index (χ1v) is 7.47. The van der Waals surface area contributed by atoms with Gasteiger partial charge in [0, 0.05) is 13.1 Å². The summed E-state index contributed by atoms with van der Waals surface area (Å²) in [6.07, 6.45) is 0.298. The summed E-state index contributed by atoms with van der Waals surface area (Å²) >= 11 is 0. The van der Waals surface area contributed by atoms with Crippen LogP contribution in [0.3, 0.4) is 0 Å². The standard InChI is InChI=1S/C15H27N3O3/c1-4-18(9-11(2)3)13(19)10-17-7-5-12(6-8-17)14(20)15(16)21/h12,14,20H,2,4-10H2,1,3H3,(H2,16,21). The second-order valence-electron chi connectivity index (χ2n) is 5.83. The van der Waals surface area contributed by atoms with Gasteiger partial charge in [-0.3, -0.25) is 14.5 Å². The van der Waals surface area contributed by atoms with E-state index in [9.17, 15) is 14.7 Å². The summed E-state index contributed by atoms with van der Waals surface area (Å²) in [6.45, 7) is 10.7. The lowest BCUT2D eigenvalue weighted by Crippen LogP contribution is -2.46. The van der Waals surface area contributed by atoms with Gasteiger partial charge in [0.05, 0.1) is 6.54 Å². The molecule has 21 heavy (non-hydrogen) atoms. The number of primary amides is 1. The number of likely N-dealkylation sites (tertiary alicyclic amines) is 1. The summed E-state index contributed by atoms with van der Waals surface area (Å²) in [5.74, 6) is -0.663. The fraction of sp³-hybridized carbons (Fsp3) is 0.733. The number of nitrogens with two attached hydrogens (primary N) is 1. The van der Waals surface area contributed by atoms with Crippen molar-refractivity contribution < 1.29 is 14.7 Å². The minimum Gasteiger partial charge on any atom is -0.383 e. The van der Waals surface area contributed by atoms with E-state index in [1.54, 1.807) is 4.90 Å². The summed E-state index contributed by atoms with van der Waals surface area (Å²) in [5.41, 5.74) is 6.08. The fourth-order valence-electron chi connectivity index (χ4n) is 2.65. The van der Waals surface area contributed by atoms with Gasteiger partial charge in [-0.1, -0.05) is 12.2 Å². The first-order valence-electron chi connectivity index (χ1n) is 7.47. The molecule has 0 aromatic carbocycles. The van der Waals surface area contributed by atoms with Crippen LogP contribution in [0, 0.1) is 5.92 Å². The summed E-state index contributed by atoms with van der Waals surface area (Å²) in [7, 11) is 0. The highest BCUT2D eigenvalue weighted by atomic mass is 16.3. The van der Waals surface area contributed by atoms with E-state index in [0.29, 0.717) is 45.6 Å². The van der Waals surface area contributed by atoms with Crippen molar-refractivity contribution in [3.8, 4) is 0 Å². The number of piperidine rings is 1. The summed E-state index contributed by atoms with van der Waals surface area (Å²) < 4.78 is 0. The molecule has 6 heteroatoms. The molecular weight excluding hydrogens is 270 g/mol. The molecule has 1 fully saturated rings. The SMILES string of the molecule is C=C(C)CN(CC)C(=O)CN1CCC(C(O)C(N)=O)CC1. The lowest BCUT2D eigenvalue weighted by atomic mass is 9.91. The van der Waals surface area contributed by atoms with Crippen molar-refractivity contribution in [1.82, 2.24) is 9.80 Å². The zero-order valence-corrected chi connectivity index (χ0v) is 13.0. The third-order valence-corrected chi connectivity index (χ3v) is 3.92. The summed E-state index contributed by atoms with van der Waals surface area (Å²) in [4.78, 5) is 27.0. The van der Waals surface area contributed by atoms with Crippen LogP contribution in [0.2, 0.25) is 0 Å². The molecule has 1 unspecified atom stereocenters. The number of hydrogen-bond acceptors (Lipinski definition) is 4. The fourth-order valence-corrected chi connectivity index (χ4v) is 2.65. The smallest absolute Gasteiger partial charge is 0.246 e. The van der Waals surface area contributed by atoms with Gasteiger partial charge in [-0.15, -0.1) is 0 Å². The average molecular weight is 297 g/mol. The highest BCUT2D eigenvalue weighted by molar-refractivity contribution is 5.79. The largest absolute Gasteiger partial charge is 0.383 e. The molecule has 1 atom stereocenters. The molecule has 0 spiro atoms. The first-order chi connectivity index (χ1) is 9.85. The van der Waals surface area contributed by atoms with Crippen LogP contribution in [-0.2, 0) is 9.59 Å². The second kappa shape index (κ2) is 8.14. The highest BCUT2D eigenvalue weighted by Crippen LogP contribution is 2.20. The Hall–Kier alpha value is -1.40. The monoisotopic (exact) mass is 297 g/mol. The van der Waals surface area contributed by atoms with Gasteiger partial charge >= 0.3 is 0 Å². The van der Waals surface area contributed by atoms with Gasteiger partial charge < -0.3 is 15.7 Å². The number of aliphatic hydroxyl groups is 1. The topological polar surface area (TPSA) is 86.9 Å². The van der Waals surface area contributed by atoms with E-state index >= 15 is 0 Å². The number of carbonyl (C=O) groups excluding carboxylic acids is 2. The number of carbonyl (C=O) groups is 2. The Morgan fingerprint density at radius 1 is 1.43 bits per heavy atom. The van der Waals surface area contributed by atoms with Gasteiger partial charge in [0.2, 0.25) is 11.8 Å². The Morgan fingerprint density at radius 2 is 2.00 bits per heavy atom. The molecule has 6 nitrogen and oxygen atoms in total. The predicted octanol–water partition coefficient (Wildman–Crippen LogP) is -0.0308. The van der Waals surface area contributed by atoms with Gasteiger partial charge in [0.1, 0.15) is 6.10 Å². The van der Waals surface area contributed by atoms with Gasteiger partial charge in [0.25, 0.3) is 0 Å². The summed E-state index contributed by atoms with van der Waals surface area (Å²) in [6, 6.07) is 0. The predicted molar refractivity (Wildman–Crippen MR) is 81.4 cm³/mol. The molecule has 2 amide bonds. The molecule has 120 valence electrons. The lowest BCUT2D eigenvalue weighted by Gasteiger charge is -2.34. The number of hydrogen-bond donors (Lipinski definition) is 2. The maximum Gasteiger partial charge on any atom is 0.246 e. The minimum absolute atomic E-state index is 0.0912. The van der Waals surface area contributed by atoms with Crippen LogP contribution in [0.25, 0.3) is 0 Å². The molecule has 0 bridgehead atoms. The van der Waals surface area contributed by atoms with E-state index < -0.39 is 12.0 Å². The van der Waals surface area contributed by atoms with E-state index in [4.69, 9.17) is 5.73 Å². The molecule has 1 rings (SSSR count). The van der Waals surface area contributed by atoms with E-state index in [1.165, 1.54) is 0 Å². The van der Waals surface area contributed by atoms with Gasteiger partial charge in [-0.2, -0.15) is 0 Å². The Bertz CT molecular complexity index is 390. The van der Waals surface area contributed by atoms with Crippen LogP contribution in [0.4, 0.5) is 0 Å². The van der Waals surface area contributed by atoms with Crippen LogP contribution in [0.1, 0.15) is 26.7 Å². The molecule has 0 saturated carbocycles. The van der Waals surface area contributed by atoms with Crippen molar-refractivity contribution in [2.45, 2.75) is 32.8 Å². The minimum atomic E-state index is -1.07. The third kappa shape index (κ3) is 5.47. The van der Waals surface area contributed by atoms with Gasteiger partial charge in [-0.05, 0) is 45.7 Å². The Kier molecular flexibility index (Phi) is 6.84. The van der Waals surface area contributed by atoms with Crippen molar-refractivity contribution >= 4 is 11.8 Å². The number of amides is 2. The number of nitrogens with zero attached hydrogens (tertiary/aromatic N) is 2. The van der Waals surface area contributed by atoms with Crippen molar-refractivity contribution in [1.29, 1.82) is 0 Å². The Balaban J connectivity index is 2.43. The van der Waals surface area contributed by atoms with Crippen LogP contribution in [0.15, 0.2) is 12.2 Å². The molecule has 0 aromatic rings. The van der Waals surface area contributed by atoms with Crippen LogP contribution >= 0.6 is 0 Å². The molecular formula is C15H27N3O3. The van der Waals surface area contributed by atoms with Crippen molar-refractivity contribution in [2.75, 3.05) is 32.7 Å². The van der Waals surface area contributed by atoms with Crippen LogP contribution in [0.5, 0.6) is 0 Å². The van der Waals surface area contributed by atoms with E-state index in [0.717, 1.165) is 5.57 Å². The molecule has 1 heterocycles. The molecule has 0 aliphatic carbocycles. The van der Waals surface area contributed by atoms with Crippen molar-refractivity contribution in [2.24, 2.45) is 11.7 Å². The summed E-state index contributed by atoms with van der Waals surface area (Å²) in [5, 5.41) is 9.67. The maximum atomic E-state index is 12.2. The molecule has 3 N–H and O–H groups in total. The molecule has 1 aliphatic rings. The maximum absolute atomic E-state index is 12.2.